The number of aliphatic hydroxyl groups excluding tert-OH is 1. The van der Waals surface area contributed by atoms with Crippen molar-refractivity contribution in [1.82, 2.24) is 9.97 Å². The van der Waals surface area contributed by atoms with Gasteiger partial charge in [-0.2, -0.15) is 4.98 Å². The molecule has 1 aromatic heterocycles. The zero-order valence-electron chi connectivity index (χ0n) is 11.4. The zero-order valence-corrected chi connectivity index (χ0v) is 11.4. The number of fused-ring (bicyclic) bond motifs is 1. The predicted molar refractivity (Wildman–Crippen MR) is 83.8 cm³/mol. The van der Waals surface area contributed by atoms with E-state index in [1.807, 2.05) is 54.6 Å². The van der Waals surface area contributed by atoms with Gasteiger partial charge in [-0.05, 0) is 17.7 Å². The molecule has 0 spiro atoms. The molecule has 0 aliphatic carbocycles. The summed E-state index contributed by atoms with van der Waals surface area (Å²) in [6.07, 6.45) is -0.610. The topological polar surface area (TPSA) is 84.1 Å². The number of hydrogen-bond acceptors (Lipinski definition) is 5. The zero-order chi connectivity index (χ0) is 14.7. The SMILES string of the molecule is Nc1nc(NC[C@@H](O)c2ccccc2)c2ccccc2n1. The predicted octanol–water partition coefficient (Wildman–Crippen LogP) is 2.36. The van der Waals surface area contributed by atoms with E-state index in [-0.39, 0.29) is 5.95 Å². The number of aliphatic hydroxyl groups is 1. The number of nitrogen functional groups attached to an aromatic ring is 1. The summed E-state index contributed by atoms with van der Waals surface area (Å²) in [6.45, 7) is 0.352. The van der Waals surface area contributed by atoms with Crippen LogP contribution < -0.4 is 11.1 Å². The first-order valence-corrected chi connectivity index (χ1v) is 6.73. The number of nitrogens with two attached hydrogens (primary N) is 1. The largest absolute Gasteiger partial charge is 0.387 e. The molecule has 0 saturated heterocycles. The lowest BCUT2D eigenvalue weighted by Crippen LogP contribution is -2.14. The number of para-hydroxylation sites is 1. The van der Waals surface area contributed by atoms with E-state index >= 15 is 0 Å². The van der Waals surface area contributed by atoms with E-state index in [1.54, 1.807) is 0 Å². The van der Waals surface area contributed by atoms with Gasteiger partial charge in [0.25, 0.3) is 0 Å². The molecular weight excluding hydrogens is 264 g/mol. The van der Waals surface area contributed by atoms with Gasteiger partial charge in [0.05, 0.1) is 11.6 Å². The molecule has 1 atom stereocenters. The van der Waals surface area contributed by atoms with Crippen LogP contribution in [0.4, 0.5) is 11.8 Å². The van der Waals surface area contributed by atoms with Gasteiger partial charge in [-0.1, -0.05) is 42.5 Å². The third kappa shape index (κ3) is 2.93. The Labute approximate surface area is 122 Å². The van der Waals surface area contributed by atoms with E-state index in [0.717, 1.165) is 16.5 Å². The molecule has 2 aromatic carbocycles. The van der Waals surface area contributed by atoms with E-state index in [2.05, 4.69) is 15.3 Å². The second-order valence-corrected chi connectivity index (χ2v) is 4.75. The Kier molecular flexibility index (Phi) is 3.66. The average molecular weight is 280 g/mol. The highest BCUT2D eigenvalue weighted by Crippen LogP contribution is 2.22. The van der Waals surface area contributed by atoms with E-state index in [9.17, 15) is 5.11 Å². The molecule has 0 unspecified atom stereocenters. The molecule has 0 saturated carbocycles. The first-order chi connectivity index (χ1) is 10.2. The van der Waals surface area contributed by atoms with Crippen LogP contribution in [0.1, 0.15) is 11.7 Å². The fourth-order valence-electron chi connectivity index (χ4n) is 2.22. The smallest absolute Gasteiger partial charge is 0.222 e. The Balaban J connectivity index is 1.82. The van der Waals surface area contributed by atoms with Crippen molar-refractivity contribution < 1.29 is 5.11 Å². The van der Waals surface area contributed by atoms with Gasteiger partial charge >= 0.3 is 0 Å². The number of rotatable bonds is 4. The minimum absolute atomic E-state index is 0.213. The molecule has 0 amide bonds. The Morgan fingerprint density at radius 1 is 1.00 bits per heavy atom. The van der Waals surface area contributed by atoms with Gasteiger partial charge in [0.15, 0.2) is 0 Å². The summed E-state index contributed by atoms with van der Waals surface area (Å²) in [4.78, 5) is 8.40. The molecule has 3 rings (SSSR count). The summed E-state index contributed by atoms with van der Waals surface area (Å²) in [5, 5.41) is 14.2. The lowest BCUT2D eigenvalue weighted by atomic mass is 10.1. The summed E-state index contributed by atoms with van der Waals surface area (Å²) in [7, 11) is 0. The van der Waals surface area contributed by atoms with E-state index in [4.69, 9.17) is 5.73 Å². The second-order valence-electron chi connectivity index (χ2n) is 4.75. The molecule has 4 N–H and O–H groups in total. The molecule has 21 heavy (non-hydrogen) atoms. The van der Waals surface area contributed by atoms with E-state index < -0.39 is 6.10 Å². The van der Waals surface area contributed by atoms with Crippen LogP contribution in [0.15, 0.2) is 54.6 Å². The molecule has 5 heteroatoms. The lowest BCUT2D eigenvalue weighted by molar-refractivity contribution is 0.191. The lowest BCUT2D eigenvalue weighted by Gasteiger charge is -2.14. The van der Waals surface area contributed by atoms with Gasteiger partial charge in [0.1, 0.15) is 5.82 Å². The molecule has 1 heterocycles. The number of anilines is 2. The van der Waals surface area contributed by atoms with Crippen molar-refractivity contribution in [3.63, 3.8) is 0 Å². The fraction of sp³-hybridized carbons (Fsp3) is 0.125. The minimum atomic E-state index is -0.610. The number of nitrogens with zero attached hydrogens (tertiary/aromatic N) is 2. The van der Waals surface area contributed by atoms with Crippen LogP contribution >= 0.6 is 0 Å². The third-order valence-corrected chi connectivity index (χ3v) is 3.27. The second kappa shape index (κ2) is 5.76. The van der Waals surface area contributed by atoms with Gasteiger partial charge in [-0.15, -0.1) is 0 Å². The van der Waals surface area contributed by atoms with Crippen LogP contribution in [-0.4, -0.2) is 21.6 Å². The van der Waals surface area contributed by atoms with Crippen LogP contribution in [0.2, 0.25) is 0 Å². The molecular formula is C16H16N4O. The maximum Gasteiger partial charge on any atom is 0.222 e. The van der Waals surface area contributed by atoms with Gasteiger partial charge in [0, 0.05) is 11.9 Å². The highest BCUT2D eigenvalue weighted by Gasteiger charge is 2.09. The van der Waals surface area contributed by atoms with Crippen molar-refractivity contribution in [3.8, 4) is 0 Å². The normalized spacial score (nSPS) is 12.2. The molecule has 0 aliphatic rings. The maximum atomic E-state index is 10.2. The summed E-state index contributed by atoms with van der Waals surface area (Å²) >= 11 is 0. The van der Waals surface area contributed by atoms with Crippen molar-refractivity contribution >= 4 is 22.7 Å². The van der Waals surface area contributed by atoms with Gasteiger partial charge in [0.2, 0.25) is 5.95 Å². The number of hydrogen-bond donors (Lipinski definition) is 3. The average Bonchev–Trinajstić information content (AvgIpc) is 2.53. The molecule has 0 radical (unpaired) electrons. The molecule has 0 aliphatic heterocycles. The third-order valence-electron chi connectivity index (χ3n) is 3.27. The standard InChI is InChI=1S/C16H16N4O/c17-16-19-13-9-5-4-8-12(13)15(20-16)18-10-14(21)11-6-2-1-3-7-11/h1-9,14,21H,10H2,(H3,17,18,19,20)/t14-/m1/s1. The van der Waals surface area contributed by atoms with Crippen molar-refractivity contribution in [2.75, 3.05) is 17.6 Å². The summed E-state index contributed by atoms with van der Waals surface area (Å²) in [5.41, 5.74) is 7.35. The number of aromatic nitrogens is 2. The van der Waals surface area contributed by atoms with Crippen molar-refractivity contribution in [3.05, 3.63) is 60.2 Å². The van der Waals surface area contributed by atoms with Crippen LogP contribution in [0.3, 0.4) is 0 Å². The Morgan fingerprint density at radius 2 is 1.71 bits per heavy atom. The van der Waals surface area contributed by atoms with Crippen molar-refractivity contribution in [2.24, 2.45) is 0 Å². The molecule has 0 fully saturated rings. The molecule has 0 bridgehead atoms. The summed E-state index contributed by atoms with van der Waals surface area (Å²) in [5.74, 6) is 0.846. The maximum absolute atomic E-state index is 10.2. The first kappa shape index (κ1) is 13.3. The summed E-state index contributed by atoms with van der Waals surface area (Å²) in [6, 6.07) is 17.1. The molecule has 3 aromatic rings. The highest BCUT2D eigenvalue weighted by molar-refractivity contribution is 5.89. The van der Waals surface area contributed by atoms with Crippen LogP contribution in [0, 0.1) is 0 Å². The minimum Gasteiger partial charge on any atom is -0.387 e. The van der Waals surface area contributed by atoms with Crippen LogP contribution in [-0.2, 0) is 0 Å². The van der Waals surface area contributed by atoms with Crippen LogP contribution in [0.5, 0.6) is 0 Å². The number of benzene rings is 2. The first-order valence-electron chi connectivity index (χ1n) is 6.73. The molecule has 5 nitrogen and oxygen atoms in total. The van der Waals surface area contributed by atoms with Crippen LogP contribution in [0.25, 0.3) is 10.9 Å². The number of nitrogens with one attached hydrogen (secondary N) is 1. The monoisotopic (exact) mass is 280 g/mol. The van der Waals surface area contributed by atoms with Crippen molar-refractivity contribution in [2.45, 2.75) is 6.10 Å². The van der Waals surface area contributed by atoms with Gasteiger partial charge in [-0.25, -0.2) is 4.98 Å². The summed E-state index contributed by atoms with van der Waals surface area (Å²) < 4.78 is 0. The Hall–Kier alpha value is -2.66. The van der Waals surface area contributed by atoms with Crippen molar-refractivity contribution in [1.29, 1.82) is 0 Å². The highest BCUT2D eigenvalue weighted by atomic mass is 16.3. The molecule has 106 valence electrons. The van der Waals surface area contributed by atoms with E-state index in [1.165, 1.54) is 0 Å². The quantitative estimate of drug-likeness (QED) is 0.683. The fourth-order valence-corrected chi connectivity index (χ4v) is 2.22. The Bertz CT molecular complexity index is 746. The van der Waals surface area contributed by atoms with E-state index in [0.29, 0.717) is 12.4 Å². The Morgan fingerprint density at radius 3 is 2.52 bits per heavy atom. The van der Waals surface area contributed by atoms with Gasteiger partial charge in [-0.3, -0.25) is 0 Å². The van der Waals surface area contributed by atoms with Gasteiger partial charge < -0.3 is 16.2 Å².